The van der Waals surface area contributed by atoms with E-state index in [1.165, 1.54) is 0 Å². The topological polar surface area (TPSA) is 439 Å². The van der Waals surface area contributed by atoms with E-state index in [1.807, 2.05) is 0 Å². The van der Waals surface area contributed by atoms with Gasteiger partial charge >= 0.3 is 0 Å². The Bertz CT molecular complexity index is 1240. The zero-order chi connectivity index (χ0) is 37.1. The van der Waals surface area contributed by atoms with Gasteiger partial charge in [0, 0.05) is 88.5 Å². The molecule has 0 aliphatic heterocycles. The lowest BCUT2D eigenvalue weighted by Crippen LogP contribution is -2.10. The average Bonchev–Trinajstić information content (AvgIpc) is 3.10. The van der Waals surface area contributed by atoms with Crippen LogP contribution in [-0.4, -0.2) is 50.5 Å². The molecule has 0 N–H and O–H groups in total. The standard InChI is InChI=1S/C8H14N12.C7H13N9.C7H14N6/c1-6(13-17-9)2-3-7(14-18-10)4-5-8(15-19-11)16-20-12;8-14-11-5-1-3-7(13-16-10)4-2-6-12-15-9;8-12-10-6-4-2-1-3-5-7-11-13-9/h6-8H,2-5H2,1H3;7H,1-6H2;1-7H2. The summed E-state index contributed by atoms with van der Waals surface area (Å²) >= 11 is 0. The molecular formula is C22H41N27. The van der Waals surface area contributed by atoms with Crippen molar-refractivity contribution in [1.29, 1.82) is 0 Å². The minimum Gasteiger partial charge on any atom is -0.0940 e. The summed E-state index contributed by atoms with van der Waals surface area (Å²) in [4.78, 5) is 23.9. The van der Waals surface area contributed by atoms with E-state index in [1.54, 1.807) is 6.92 Å². The van der Waals surface area contributed by atoms with Crippen molar-refractivity contribution in [3.63, 3.8) is 0 Å². The summed E-state index contributed by atoms with van der Waals surface area (Å²) in [5.41, 5.74) is 73.8. The van der Waals surface area contributed by atoms with Gasteiger partial charge in [-0.05, 0) is 114 Å². The van der Waals surface area contributed by atoms with Gasteiger partial charge in [0.1, 0.15) is 6.17 Å². The summed E-state index contributed by atoms with van der Waals surface area (Å²) < 4.78 is 0. The molecule has 264 valence electrons. The van der Waals surface area contributed by atoms with E-state index in [9.17, 15) is 0 Å². The van der Waals surface area contributed by atoms with E-state index in [0.717, 1.165) is 32.1 Å². The van der Waals surface area contributed by atoms with Crippen molar-refractivity contribution in [2.24, 2.45) is 46.0 Å². The first-order chi connectivity index (χ1) is 23.9. The molecule has 0 aromatic rings. The third-order valence-electron chi connectivity index (χ3n) is 6.08. The van der Waals surface area contributed by atoms with E-state index in [4.69, 9.17) is 49.8 Å². The maximum absolute atomic E-state index is 8.49. The Morgan fingerprint density at radius 2 is 0.694 bits per heavy atom. The molecule has 49 heavy (non-hydrogen) atoms. The van der Waals surface area contributed by atoms with Crippen molar-refractivity contribution in [2.75, 3.05) is 26.2 Å². The largest absolute Gasteiger partial charge is 0.116 e. The monoisotopic (exact) mass is 683 g/mol. The van der Waals surface area contributed by atoms with E-state index < -0.39 is 6.17 Å². The highest BCUT2D eigenvalue weighted by Gasteiger charge is 2.12. The Labute approximate surface area is 281 Å². The third-order valence-corrected chi connectivity index (χ3v) is 6.08. The molecule has 0 saturated carbocycles. The van der Waals surface area contributed by atoms with E-state index in [2.05, 4.69) is 90.2 Å². The normalized spacial score (nSPS) is 11.2. The zero-order valence-corrected chi connectivity index (χ0v) is 27.4. The van der Waals surface area contributed by atoms with E-state index in [-0.39, 0.29) is 24.5 Å². The molecule has 0 heterocycles. The summed E-state index contributed by atoms with van der Waals surface area (Å²) in [5, 5.41) is 31.1. The van der Waals surface area contributed by atoms with Gasteiger partial charge in [0.2, 0.25) is 0 Å². The molecule has 27 heteroatoms. The van der Waals surface area contributed by atoms with Crippen molar-refractivity contribution >= 4 is 0 Å². The summed E-state index contributed by atoms with van der Waals surface area (Å²) in [7, 11) is 0. The molecule has 0 radical (unpaired) electrons. The second-order valence-corrected chi connectivity index (χ2v) is 9.69. The summed E-state index contributed by atoms with van der Waals surface area (Å²) in [6, 6.07) is -0.643. The number of hydrogen-bond acceptors (Lipinski definition) is 9. The van der Waals surface area contributed by atoms with Crippen LogP contribution in [-0.2, 0) is 0 Å². The Hall–Kier alpha value is -6.21. The van der Waals surface area contributed by atoms with Gasteiger partial charge in [0.05, 0.1) is 0 Å². The first kappa shape index (κ1) is 47.2. The van der Waals surface area contributed by atoms with E-state index >= 15 is 0 Å². The van der Waals surface area contributed by atoms with Gasteiger partial charge in [0.15, 0.2) is 0 Å². The van der Waals surface area contributed by atoms with Gasteiger partial charge in [0.25, 0.3) is 0 Å². The SMILES string of the molecule is CC(CCC(CCC(N=[N+]=[N-])N=[N+]=[N-])N=[N+]=[N-])N=[N+]=[N-].[N-]=[N+]=NCCCC(CCCN=[N+]=[N-])N=[N+]=[N-].[N-]=[N+]=NCCCCCCCN=[N+]=[N-]. The van der Waals surface area contributed by atoms with Crippen molar-refractivity contribution in [2.45, 2.75) is 115 Å². The fourth-order valence-corrected chi connectivity index (χ4v) is 3.71. The fourth-order valence-electron chi connectivity index (χ4n) is 3.71. The molecule has 0 bridgehead atoms. The molecule has 0 aliphatic carbocycles. The van der Waals surface area contributed by atoms with Gasteiger partial charge in [-0.1, -0.05) is 72.2 Å². The van der Waals surface area contributed by atoms with Crippen molar-refractivity contribution in [3.05, 3.63) is 94.0 Å². The predicted octanol–water partition coefficient (Wildman–Crippen LogP) is 12.3. The molecule has 2 unspecified atom stereocenters. The van der Waals surface area contributed by atoms with Crippen LogP contribution in [0, 0.1) is 0 Å². The maximum atomic E-state index is 8.49. The lowest BCUT2D eigenvalue weighted by molar-refractivity contribution is 0.472. The van der Waals surface area contributed by atoms with Crippen LogP contribution in [0.2, 0.25) is 0 Å². The second kappa shape index (κ2) is 41.8. The summed E-state index contributed by atoms with van der Waals surface area (Å²) in [6.07, 6.45) is 8.87. The highest BCUT2D eigenvalue weighted by Crippen LogP contribution is 2.16. The summed E-state index contributed by atoms with van der Waals surface area (Å²) in [6.45, 7) is 3.75. The average molecular weight is 684 g/mol. The van der Waals surface area contributed by atoms with Gasteiger partial charge in [-0.15, -0.1) is 0 Å². The molecule has 0 saturated heterocycles. The van der Waals surface area contributed by atoms with Gasteiger partial charge in [-0.3, -0.25) is 0 Å². The first-order valence-electron chi connectivity index (χ1n) is 15.2. The molecular weight excluding hydrogens is 642 g/mol. The lowest BCUT2D eigenvalue weighted by atomic mass is 10.0. The highest BCUT2D eigenvalue weighted by molar-refractivity contribution is 4.75. The van der Waals surface area contributed by atoms with Gasteiger partial charge < -0.3 is 0 Å². The van der Waals surface area contributed by atoms with Crippen molar-refractivity contribution < 1.29 is 0 Å². The van der Waals surface area contributed by atoms with Crippen LogP contribution in [0.1, 0.15) is 90.4 Å². The minimum absolute atomic E-state index is 0.118. The zero-order valence-electron chi connectivity index (χ0n) is 27.4. The Morgan fingerprint density at radius 1 is 0.347 bits per heavy atom. The Morgan fingerprint density at radius 3 is 1.08 bits per heavy atom. The minimum atomic E-state index is -0.837. The molecule has 0 aliphatic rings. The molecule has 27 nitrogen and oxygen atoms in total. The van der Waals surface area contributed by atoms with Crippen LogP contribution in [0.15, 0.2) is 46.0 Å². The second-order valence-electron chi connectivity index (χ2n) is 9.69. The van der Waals surface area contributed by atoms with Crippen LogP contribution in [0.3, 0.4) is 0 Å². The highest BCUT2D eigenvalue weighted by atomic mass is 15.3. The smallest absolute Gasteiger partial charge is 0.0940 e. The number of azide groups is 8. The first-order valence-corrected chi connectivity index (χ1v) is 15.2. The number of nitrogens with zero attached hydrogens (tertiary/aromatic N) is 27. The maximum Gasteiger partial charge on any atom is 0.116 e. The van der Waals surface area contributed by atoms with Crippen molar-refractivity contribution in [1.82, 2.24) is 0 Å². The Kier molecular flexibility index (Phi) is 40.3. The molecule has 0 aromatic carbocycles. The van der Waals surface area contributed by atoms with Crippen LogP contribution in [0.4, 0.5) is 0 Å². The molecule has 2 atom stereocenters. The molecule has 0 spiro atoms. The van der Waals surface area contributed by atoms with Crippen LogP contribution >= 0.6 is 0 Å². The predicted molar refractivity (Wildman–Crippen MR) is 183 cm³/mol. The van der Waals surface area contributed by atoms with Crippen LogP contribution in [0.25, 0.3) is 94.0 Å². The summed E-state index contributed by atoms with van der Waals surface area (Å²) in [5.74, 6) is 0. The molecule has 0 fully saturated rings. The van der Waals surface area contributed by atoms with E-state index in [0.29, 0.717) is 71.1 Å². The molecule has 0 rings (SSSR count). The van der Waals surface area contributed by atoms with Gasteiger partial charge in [-0.2, -0.15) is 0 Å². The van der Waals surface area contributed by atoms with Crippen LogP contribution in [0.5, 0.6) is 0 Å². The molecule has 0 amide bonds. The number of rotatable bonds is 27. The number of hydrogen-bond donors (Lipinski definition) is 0. The lowest BCUT2D eigenvalue weighted by Gasteiger charge is -2.13. The number of unbranched alkanes of at least 4 members (excludes halogenated alkanes) is 4. The Balaban J connectivity index is -0.000000664. The van der Waals surface area contributed by atoms with Gasteiger partial charge in [-0.25, -0.2) is 0 Å². The quantitative estimate of drug-likeness (QED) is 0.0337. The third kappa shape index (κ3) is 39.8. The van der Waals surface area contributed by atoms with Crippen LogP contribution < -0.4 is 0 Å². The molecule has 0 aromatic heterocycles. The fraction of sp³-hybridized carbons (Fsp3) is 1.00. The van der Waals surface area contributed by atoms with Crippen molar-refractivity contribution in [3.8, 4) is 0 Å².